The van der Waals surface area contributed by atoms with Crippen LogP contribution >= 0.6 is 0 Å². The largest absolute Gasteiger partial charge is 0.466 e. The van der Waals surface area contributed by atoms with E-state index in [9.17, 15) is 9.59 Å². The Morgan fingerprint density at radius 2 is 2.07 bits per heavy atom. The van der Waals surface area contributed by atoms with Crippen LogP contribution in [0, 0.1) is 0 Å². The van der Waals surface area contributed by atoms with E-state index in [-0.39, 0.29) is 12.4 Å². The van der Waals surface area contributed by atoms with Crippen LogP contribution in [0.1, 0.15) is 17.3 Å². The summed E-state index contributed by atoms with van der Waals surface area (Å²) in [6, 6.07) is 3.16. The topological polar surface area (TPSA) is 56.3 Å². The second kappa shape index (κ2) is 5.29. The molecule has 0 saturated carbocycles. The Balaban J connectivity index is 2.73. The van der Waals surface area contributed by atoms with Crippen molar-refractivity contribution in [2.75, 3.05) is 6.61 Å². The summed E-state index contributed by atoms with van der Waals surface area (Å²) >= 11 is 0. The van der Waals surface area contributed by atoms with E-state index in [1.165, 1.54) is 12.4 Å². The Labute approximate surface area is 89.1 Å². The van der Waals surface area contributed by atoms with Crippen LogP contribution < -0.4 is 0 Å². The lowest BCUT2D eigenvalue weighted by atomic mass is 9.81. The van der Waals surface area contributed by atoms with Gasteiger partial charge in [0.15, 0.2) is 5.78 Å². The molecule has 78 valence electrons. The number of aromatic nitrogens is 1. The highest BCUT2D eigenvalue weighted by atomic mass is 16.5. The number of ketones is 1. The Morgan fingerprint density at radius 1 is 1.47 bits per heavy atom. The maximum absolute atomic E-state index is 11.7. The van der Waals surface area contributed by atoms with Crippen LogP contribution in [0.5, 0.6) is 0 Å². The maximum Gasteiger partial charge on any atom is 0.308 e. The predicted molar refractivity (Wildman–Crippen MR) is 57.5 cm³/mol. The number of hydrogen-bond acceptors (Lipinski definition) is 4. The molecule has 1 aromatic rings. The highest BCUT2D eigenvalue weighted by Gasteiger charge is 2.23. The molecule has 4 nitrogen and oxygen atoms in total. The lowest BCUT2D eigenvalue weighted by Crippen LogP contribution is -2.21. The minimum absolute atomic E-state index is 0.240. The van der Waals surface area contributed by atoms with Crippen molar-refractivity contribution in [3.05, 3.63) is 30.1 Å². The summed E-state index contributed by atoms with van der Waals surface area (Å²) < 4.78 is 4.77. The van der Waals surface area contributed by atoms with Crippen molar-refractivity contribution >= 4 is 19.6 Å². The molecule has 1 rings (SSSR count). The van der Waals surface area contributed by atoms with Gasteiger partial charge in [0.25, 0.3) is 0 Å². The zero-order valence-corrected chi connectivity index (χ0v) is 8.77. The monoisotopic (exact) mass is 205 g/mol. The SMILES string of the molecule is BC(C(=O)OCC)C(=O)c1ccncc1. The molecule has 1 atom stereocenters. The zero-order chi connectivity index (χ0) is 11.3. The highest BCUT2D eigenvalue weighted by Crippen LogP contribution is 2.11. The van der Waals surface area contributed by atoms with E-state index in [1.54, 1.807) is 26.9 Å². The molecule has 15 heavy (non-hydrogen) atoms. The van der Waals surface area contributed by atoms with Gasteiger partial charge in [-0.05, 0) is 19.1 Å². The second-order valence-electron chi connectivity index (χ2n) is 3.07. The van der Waals surface area contributed by atoms with Crippen LogP contribution in [0.3, 0.4) is 0 Å². The molecule has 0 amide bonds. The third kappa shape index (κ3) is 2.90. The number of rotatable bonds is 4. The average molecular weight is 205 g/mol. The van der Waals surface area contributed by atoms with Crippen molar-refractivity contribution in [2.45, 2.75) is 12.7 Å². The quantitative estimate of drug-likeness (QED) is 0.306. The molecule has 0 aliphatic heterocycles. The summed E-state index contributed by atoms with van der Waals surface area (Å²) in [7, 11) is 1.54. The molecule has 0 aromatic carbocycles. The molecule has 0 fully saturated rings. The van der Waals surface area contributed by atoms with Gasteiger partial charge in [0.05, 0.1) is 12.4 Å². The minimum Gasteiger partial charge on any atom is -0.466 e. The molecular formula is C10H12BNO3. The molecule has 0 bridgehead atoms. The average Bonchev–Trinajstić information content (AvgIpc) is 2.28. The van der Waals surface area contributed by atoms with E-state index in [0.717, 1.165) is 0 Å². The predicted octanol–water partition coefficient (Wildman–Crippen LogP) is 0.249. The number of carbonyl (C=O) groups is 2. The van der Waals surface area contributed by atoms with Gasteiger partial charge in [0.2, 0.25) is 0 Å². The van der Waals surface area contributed by atoms with Crippen LogP contribution in [0.25, 0.3) is 0 Å². The first-order valence-electron chi connectivity index (χ1n) is 4.77. The van der Waals surface area contributed by atoms with E-state index < -0.39 is 11.8 Å². The summed E-state index contributed by atoms with van der Waals surface area (Å²) in [6.07, 6.45) is 3.04. The molecule has 0 saturated heterocycles. The van der Waals surface area contributed by atoms with Gasteiger partial charge in [-0.25, -0.2) is 0 Å². The van der Waals surface area contributed by atoms with E-state index in [2.05, 4.69) is 4.98 Å². The van der Waals surface area contributed by atoms with Crippen molar-refractivity contribution in [2.24, 2.45) is 0 Å². The van der Waals surface area contributed by atoms with E-state index in [0.29, 0.717) is 5.56 Å². The van der Waals surface area contributed by atoms with Crippen molar-refractivity contribution in [1.82, 2.24) is 4.98 Å². The summed E-state index contributed by atoms with van der Waals surface area (Å²) in [5.74, 6) is -1.48. The second-order valence-corrected chi connectivity index (χ2v) is 3.07. The van der Waals surface area contributed by atoms with Gasteiger partial charge in [-0.2, -0.15) is 0 Å². The molecule has 0 spiro atoms. The Kier molecular flexibility index (Phi) is 4.03. The molecule has 0 aliphatic carbocycles. The number of hydrogen-bond donors (Lipinski definition) is 0. The van der Waals surface area contributed by atoms with Gasteiger partial charge in [-0.1, -0.05) is 0 Å². The lowest BCUT2D eigenvalue weighted by Gasteiger charge is -2.08. The number of nitrogens with zero attached hydrogens (tertiary/aromatic N) is 1. The molecule has 1 heterocycles. The summed E-state index contributed by atoms with van der Waals surface area (Å²) in [6.45, 7) is 1.99. The first kappa shape index (κ1) is 11.4. The van der Waals surface area contributed by atoms with Gasteiger partial charge in [-0.3, -0.25) is 14.6 Å². The van der Waals surface area contributed by atoms with E-state index in [1.807, 2.05) is 0 Å². The van der Waals surface area contributed by atoms with Crippen LogP contribution in [-0.4, -0.2) is 31.2 Å². The van der Waals surface area contributed by atoms with Gasteiger partial charge in [0, 0.05) is 18.0 Å². The molecule has 0 radical (unpaired) electrons. The highest BCUT2D eigenvalue weighted by molar-refractivity contribution is 6.38. The Bertz CT molecular complexity index is 353. The van der Waals surface area contributed by atoms with Gasteiger partial charge in [-0.15, -0.1) is 0 Å². The lowest BCUT2D eigenvalue weighted by molar-refractivity contribution is -0.141. The normalized spacial score (nSPS) is 11.8. The molecule has 5 heteroatoms. The molecule has 1 aromatic heterocycles. The maximum atomic E-state index is 11.7. The fraction of sp³-hybridized carbons (Fsp3) is 0.300. The van der Waals surface area contributed by atoms with Gasteiger partial charge >= 0.3 is 5.97 Å². The van der Waals surface area contributed by atoms with Gasteiger partial charge < -0.3 is 4.74 Å². The van der Waals surface area contributed by atoms with Crippen molar-refractivity contribution < 1.29 is 14.3 Å². The smallest absolute Gasteiger partial charge is 0.308 e. The number of ether oxygens (including phenoxy) is 1. The molecule has 1 unspecified atom stereocenters. The number of esters is 1. The van der Waals surface area contributed by atoms with Gasteiger partial charge in [0.1, 0.15) is 7.85 Å². The fourth-order valence-corrected chi connectivity index (χ4v) is 1.14. The van der Waals surface area contributed by atoms with E-state index >= 15 is 0 Å². The third-order valence-corrected chi connectivity index (χ3v) is 2.00. The first-order valence-corrected chi connectivity index (χ1v) is 4.77. The fourth-order valence-electron chi connectivity index (χ4n) is 1.14. The summed E-state index contributed by atoms with van der Waals surface area (Å²) in [5, 5.41) is 0. The standard InChI is InChI=1S/C10H12BNO3/c1-2-15-10(14)8(11)9(13)7-3-5-12-6-4-7/h3-6,8H,2,11H2,1H3. The number of carbonyl (C=O) groups excluding carboxylic acids is 2. The van der Waals surface area contributed by atoms with Crippen molar-refractivity contribution in [3.63, 3.8) is 0 Å². The van der Waals surface area contributed by atoms with E-state index in [4.69, 9.17) is 4.74 Å². The van der Waals surface area contributed by atoms with Crippen molar-refractivity contribution in [3.8, 4) is 0 Å². The zero-order valence-electron chi connectivity index (χ0n) is 8.77. The first-order chi connectivity index (χ1) is 7.16. The van der Waals surface area contributed by atoms with Crippen molar-refractivity contribution in [1.29, 1.82) is 0 Å². The molecule has 0 aliphatic rings. The third-order valence-electron chi connectivity index (χ3n) is 2.00. The summed E-state index contributed by atoms with van der Waals surface area (Å²) in [5.41, 5.74) is 0.477. The van der Waals surface area contributed by atoms with Crippen LogP contribution in [-0.2, 0) is 9.53 Å². The number of Topliss-reactive ketones (excluding diaryl/α,β-unsaturated/α-hetero) is 1. The molecule has 0 N–H and O–H groups in total. The number of pyridine rings is 1. The molecular weight excluding hydrogens is 193 g/mol. The van der Waals surface area contributed by atoms with Crippen LogP contribution in [0.15, 0.2) is 24.5 Å². The van der Waals surface area contributed by atoms with Crippen LogP contribution in [0.4, 0.5) is 0 Å². The minimum atomic E-state index is -0.757. The Hall–Kier alpha value is -1.65. The summed E-state index contributed by atoms with van der Waals surface area (Å²) in [4.78, 5) is 26.8. The Morgan fingerprint density at radius 3 is 2.60 bits per heavy atom. The van der Waals surface area contributed by atoms with Crippen LogP contribution in [0.2, 0.25) is 5.82 Å².